The minimum atomic E-state index is -0.178. The van der Waals surface area contributed by atoms with Gasteiger partial charge in [-0.25, -0.2) is 14.6 Å². The van der Waals surface area contributed by atoms with E-state index in [1.807, 2.05) is 36.4 Å². The van der Waals surface area contributed by atoms with Gasteiger partial charge in [0.25, 0.3) is 5.91 Å². The van der Waals surface area contributed by atoms with Crippen molar-refractivity contribution in [3.63, 3.8) is 0 Å². The minimum Gasteiger partial charge on any atom is -0.342 e. The molecule has 2 aromatic heterocycles. The molecule has 8 heteroatoms. The first-order chi connectivity index (χ1) is 13.7. The van der Waals surface area contributed by atoms with Crippen LogP contribution in [0.4, 0.5) is 0 Å². The van der Waals surface area contributed by atoms with E-state index in [9.17, 15) is 4.79 Å². The lowest BCUT2D eigenvalue weighted by atomic mass is 10.1. The summed E-state index contributed by atoms with van der Waals surface area (Å²) in [6.07, 6.45) is 5.95. The van der Waals surface area contributed by atoms with Crippen LogP contribution in [-0.4, -0.2) is 42.6 Å². The van der Waals surface area contributed by atoms with E-state index in [-0.39, 0.29) is 11.9 Å². The zero-order chi connectivity index (χ0) is 19.3. The van der Waals surface area contributed by atoms with Crippen molar-refractivity contribution in [2.24, 2.45) is 0 Å². The average Bonchev–Trinajstić information content (AvgIpc) is 3.41. The van der Waals surface area contributed by atoms with Crippen LogP contribution in [0.3, 0.4) is 0 Å². The quantitative estimate of drug-likeness (QED) is 0.503. The predicted molar refractivity (Wildman–Crippen MR) is 111 cm³/mol. The number of imidazole rings is 1. The molecular weight excluding hydrogens is 372 g/mol. The second-order valence-electron chi connectivity index (χ2n) is 6.33. The second-order valence-corrected chi connectivity index (χ2v) is 7.32. The first kappa shape index (κ1) is 18.2. The van der Waals surface area contributed by atoms with Gasteiger partial charge in [-0.2, -0.15) is 16.9 Å². The van der Waals surface area contributed by atoms with Crippen molar-refractivity contribution in [1.82, 2.24) is 30.0 Å². The molecule has 142 valence electrons. The number of hydrogen-bond acceptors (Lipinski definition) is 5. The number of nitrogens with zero attached hydrogens (tertiary/aromatic N) is 4. The van der Waals surface area contributed by atoms with Crippen molar-refractivity contribution in [2.45, 2.75) is 12.5 Å². The van der Waals surface area contributed by atoms with Crippen molar-refractivity contribution in [3.8, 4) is 5.69 Å². The van der Waals surface area contributed by atoms with Gasteiger partial charge in [0.05, 0.1) is 22.8 Å². The number of nitrogens with one attached hydrogen (secondary N) is 2. The number of thioether (sulfide) groups is 1. The minimum absolute atomic E-state index is 0.128. The van der Waals surface area contributed by atoms with Gasteiger partial charge in [-0.15, -0.1) is 0 Å². The molecule has 0 aliphatic rings. The van der Waals surface area contributed by atoms with Crippen molar-refractivity contribution in [1.29, 1.82) is 0 Å². The Morgan fingerprint density at radius 1 is 1.21 bits per heavy atom. The summed E-state index contributed by atoms with van der Waals surface area (Å²) in [5.41, 5.74) is 3.32. The standard InChI is InChI=1S/C20H20N6OS/c1-28-11-10-18(19-23-16-4-2-3-5-17(16)24-19)25-20(27)14-6-8-15(9-7-14)26-13-21-12-22-26/h2-9,12-13,18H,10-11H2,1H3,(H,23,24)(H,25,27)/t18-/m1/s1. The van der Waals surface area contributed by atoms with Crippen molar-refractivity contribution in [2.75, 3.05) is 12.0 Å². The third-order valence-corrected chi connectivity index (χ3v) is 5.11. The number of amides is 1. The largest absolute Gasteiger partial charge is 0.342 e. The van der Waals surface area contributed by atoms with Crippen molar-refractivity contribution in [3.05, 3.63) is 72.6 Å². The molecule has 0 aliphatic heterocycles. The molecule has 0 spiro atoms. The Bertz CT molecular complexity index is 1020. The highest BCUT2D eigenvalue weighted by atomic mass is 32.2. The van der Waals surface area contributed by atoms with E-state index in [0.717, 1.165) is 34.7 Å². The van der Waals surface area contributed by atoms with Crippen LogP contribution < -0.4 is 5.32 Å². The van der Waals surface area contributed by atoms with E-state index < -0.39 is 0 Å². The Kier molecular flexibility index (Phi) is 5.38. The van der Waals surface area contributed by atoms with Gasteiger partial charge in [-0.05, 0) is 54.8 Å². The summed E-state index contributed by atoms with van der Waals surface area (Å²) in [5.74, 6) is 1.58. The molecule has 0 unspecified atom stereocenters. The fraction of sp³-hybridized carbons (Fsp3) is 0.200. The van der Waals surface area contributed by atoms with Crippen LogP contribution in [0.25, 0.3) is 16.7 Å². The summed E-state index contributed by atoms with van der Waals surface area (Å²) < 4.78 is 1.65. The Hall–Kier alpha value is -3.13. The zero-order valence-corrected chi connectivity index (χ0v) is 16.2. The molecule has 0 bridgehead atoms. The van der Waals surface area contributed by atoms with Gasteiger partial charge in [-0.3, -0.25) is 4.79 Å². The van der Waals surface area contributed by atoms with Gasteiger partial charge in [-0.1, -0.05) is 12.1 Å². The summed E-state index contributed by atoms with van der Waals surface area (Å²) in [4.78, 5) is 24.7. The molecule has 0 radical (unpaired) electrons. The monoisotopic (exact) mass is 392 g/mol. The molecule has 2 heterocycles. The fourth-order valence-corrected chi connectivity index (χ4v) is 3.47. The lowest BCUT2D eigenvalue weighted by molar-refractivity contribution is 0.0934. The predicted octanol–water partition coefficient (Wildman–Crippen LogP) is 3.37. The number of rotatable bonds is 7. The third-order valence-electron chi connectivity index (χ3n) is 4.47. The lowest BCUT2D eigenvalue weighted by Gasteiger charge is -2.16. The summed E-state index contributed by atoms with van der Waals surface area (Å²) in [6.45, 7) is 0. The van der Waals surface area contributed by atoms with E-state index in [4.69, 9.17) is 0 Å². The van der Waals surface area contributed by atoms with Gasteiger partial charge < -0.3 is 10.3 Å². The SMILES string of the molecule is CSCC[C@@H](NC(=O)c1ccc(-n2cncn2)cc1)c1nc2ccccc2[nH]1. The van der Waals surface area contributed by atoms with E-state index in [0.29, 0.717) is 5.56 Å². The molecular formula is C20H20N6OS. The topological polar surface area (TPSA) is 88.5 Å². The smallest absolute Gasteiger partial charge is 0.251 e. The Balaban J connectivity index is 1.53. The Labute approximate surface area is 166 Å². The Morgan fingerprint density at radius 3 is 2.75 bits per heavy atom. The summed E-state index contributed by atoms with van der Waals surface area (Å²) in [7, 11) is 0. The maximum absolute atomic E-state index is 12.8. The summed E-state index contributed by atoms with van der Waals surface area (Å²) in [5, 5.41) is 7.21. The van der Waals surface area contributed by atoms with Crippen LogP contribution in [0.15, 0.2) is 61.2 Å². The molecule has 4 aromatic rings. The molecule has 0 saturated carbocycles. The molecule has 4 rings (SSSR count). The van der Waals surface area contributed by atoms with E-state index >= 15 is 0 Å². The molecule has 7 nitrogen and oxygen atoms in total. The fourth-order valence-electron chi connectivity index (χ4n) is 3.00. The van der Waals surface area contributed by atoms with Crippen LogP contribution in [0.1, 0.15) is 28.6 Å². The highest BCUT2D eigenvalue weighted by Gasteiger charge is 2.19. The van der Waals surface area contributed by atoms with Gasteiger partial charge in [0.2, 0.25) is 0 Å². The molecule has 2 N–H and O–H groups in total. The van der Waals surface area contributed by atoms with E-state index in [2.05, 4.69) is 31.6 Å². The normalized spacial score (nSPS) is 12.2. The summed E-state index contributed by atoms with van der Waals surface area (Å²) >= 11 is 1.75. The molecule has 0 fully saturated rings. The second kappa shape index (κ2) is 8.26. The molecule has 2 aromatic carbocycles. The summed E-state index contributed by atoms with van der Waals surface area (Å²) in [6, 6.07) is 15.0. The van der Waals surface area contributed by atoms with Gasteiger partial charge in [0.15, 0.2) is 0 Å². The van der Waals surface area contributed by atoms with Crippen LogP contribution in [0.5, 0.6) is 0 Å². The lowest BCUT2D eigenvalue weighted by Crippen LogP contribution is -2.29. The van der Waals surface area contributed by atoms with Gasteiger partial charge in [0, 0.05) is 5.56 Å². The zero-order valence-electron chi connectivity index (χ0n) is 15.4. The molecule has 0 saturated heterocycles. The molecule has 1 amide bonds. The van der Waals surface area contributed by atoms with Crippen LogP contribution in [-0.2, 0) is 0 Å². The number of carbonyl (C=O) groups is 1. The maximum atomic E-state index is 12.8. The number of benzene rings is 2. The van der Waals surface area contributed by atoms with Crippen molar-refractivity contribution < 1.29 is 4.79 Å². The number of hydrogen-bond donors (Lipinski definition) is 2. The number of aromatic nitrogens is 5. The van der Waals surface area contributed by atoms with E-state index in [1.54, 1.807) is 34.9 Å². The molecule has 1 atom stereocenters. The third kappa shape index (κ3) is 3.91. The highest BCUT2D eigenvalue weighted by molar-refractivity contribution is 7.98. The number of para-hydroxylation sites is 2. The van der Waals surface area contributed by atoms with Crippen molar-refractivity contribution >= 4 is 28.7 Å². The number of fused-ring (bicyclic) bond motifs is 1. The average molecular weight is 392 g/mol. The van der Waals surface area contributed by atoms with Crippen LogP contribution in [0, 0.1) is 0 Å². The first-order valence-electron chi connectivity index (χ1n) is 8.94. The van der Waals surface area contributed by atoms with Crippen LogP contribution >= 0.6 is 11.8 Å². The molecule has 28 heavy (non-hydrogen) atoms. The van der Waals surface area contributed by atoms with Gasteiger partial charge in [0.1, 0.15) is 18.5 Å². The number of aromatic amines is 1. The van der Waals surface area contributed by atoms with E-state index in [1.165, 1.54) is 6.33 Å². The van der Waals surface area contributed by atoms with Crippen LogP contribution in [0.2, 0.25) is 0 Å². The first-order valence-corrected chi connectivity index (χ1v) is 10.3. The highest BCUT2D eigenvalue weighted by Crippen LogP contribution is 2.21. The Morgan fingerprint density at radius 2 is 2.04 bits per heavy atom. The number of carbonyl (C=O) groups excluding carboxylic acids is 1. The number of H-pyrrole nitrogens is 1. The molecule has 0 aliphatic carbocycles. The van der Waals surface area contributed by atoms with Gasteiger partial charge >= 0.3 is 0 Å². The maximum Gasteiger partial charge on any atom is 0.251 e.